The molecule has 0 aliphatic carbocycles. The summed E-state index contributed by atoms with van der Waals surface area (Å²) in [7, 11) is 0. The molecule has 6 heteroatoms. The van der Waals surface area contributed by atoms with Crippen LogP contribution in [0.5, 0.6) is 0 Å². The number of hydrogen-bond acceptors (Lipinski definition) is 6. The number of carbonyl (C=O) groups is 3. The van der Waals surface area contributed by atoms with Crippen molar-refractivity contribution in [3.8, 4) is 0 Å². The molecule has 0 aromatic heterocycles. The second-order valence-corrected chi connectivity index (χ2v) is 16.5. The van der Waals surface area contributed by atoms with Crippen LogP contribution >= 0.6 is 0 Å². The molecule has 0 aromatic carbocycles. The fourth-order valence-corrected chi connectivity index (χ4v) is 6.57. The Kier molecular flexibility index (Phi) is 47.5. The van der Waals surface area contributed by atoms with E-state index in [4.69, 9.17) is 14.2 Å². The topological polar surface area (TPSA) is 78.9 Å². The van der Waals surface area contributed by atoms with Crippen LogP contribution in [0.1, 0.15) is 213 Å². The van der Waals surface area contributed by atoms with Gasteiger partial charge in [-0.15, -0.1) is 0 Å². The van der Waals surface area contributed by atoms with Crippen molar-refractivity contribution < 1.29 is 28.6 Å². The average molecular weight is 873 g/mol. The smallest absolute Gasteiger partial charge is 0.306 e. The van der Waals surface area contributed by atoms with Crippen molar-refractivity contribution in [1.29, 1.82) is 0 Å². The van der Waals surface area contributed by atoms with Crippen LogP contribution in [0.2, 0.25) is 0 Å². The lowest BCUT2D eigenvalue weighted by Crippen LogP contribution is -2.30. The molecule has 0 aliphatic rings. The molecule has 1 atom stereocenters. The van der Waals surface area contributed by atoms with Gasteiger partial charge in [-0.05, 0) is 77.0 Å². The van der Waals surface area contributed by atoms with Crippen LogP contribution in [0.3, 0.4) is 0 Å². The highest BCUT2D eigenvalue weighted by Crippen LogP contribution is 2.14. The monoisotopic (exact) mass is 873 g/mol. The van der Waals surface area contributed by atoms with Crippen molar-refractivity contribution in [2.75, 3.05) is 13.2 Å². The predicted octanol–water partition coefficient (Wildman–Crippen LogP) is 16.8. The Hall–Kier alpha value is -3.93. The fraction of sp³-hybridized carbons (Fsp3) is 0.632. The van der Waals surface area contributed by atoms with Crippen LogP contribution < -0.4 is 0 Å². The van der Waals surface area contributed by atoms with E-state index < -0.39 is 12.1 Å². The van der Waals surface area contributed by atoms with E-state index in [-0.39, 0.29) is 38.0 Å². The number of hydrogen-bond donors (Lipinski definition) is 0. The van der Waals surface area contributed by atoms with Gasteiger partial charge in [0, 0.05) is 19.3 Å². The molecule has 356 valence electrons. The summed E-state index contributed by atoms with van der Waals surface area (Å²) >= 11 is 0. The standard InChI is InChI=1S/C57H92O6/c1-4-7-10-13-16-19-22-25-26-27-28-29-30-33-35-38-41-44-47-50-56(59)62-53-54(63-57(60)51-48-45-42-39-36-32-24-21-18-15-12-9-6-3)52-61-55(58)49-46-43-40-37-34-31-23-20-17-14-11-8-5-2/h9,12,15-16,18-19,21-22,24-25,31-32,34,36,39-40,42-43,54H,4-8,10-11,13-14,17,20,23,26-30,33,35,37-38,41,44-53H2,1-3H3/b12-9+,18-15+,19-16+,24-21+,25-22+,34-31+,36-32+,42-39+,43-40+. The van der Waals surface area contributed by atoms with Gasteiger partial charge in [0.05, 0.1) is 0 Å². The second-order valence-electron chi connectivity index (χ2n) is 16.5. The molecule has 6 nitrogen and oxygen atoms in total. The quantitative estimate of drug-likeness (QED) is 0.0199. The van der Waals surface area contributed by atoms with E-state index in [1.165, 1.54) is 116 Å². The van der Waals surface area contributed by atoms with Gasteiger partial charge in [0.2, 0.25) is 0 Å². The molecule has 0 N–H and O–H groups in total. The molecular weight excluding hydrogens is 781 g/mol. The van der Waals surface area contributed by atoms with Crippen LogP contribution in [0.25, 0.3) is 0 Å². The average Bonchev–Trinajstić information content (AvgIpc) is 3.28. The van der Waals surface area contributed by atoms with Crippen molar-refractivity contribution >= 4 is 17.9 Å². The number of unbranched alkanes of at least 4 members (excludes halogenated alkanes) is 20. The third-order valence-corrected chi connectivity index (χ3v) is 10.4. The van der Waals surface area contributed by atoms with Crippen molar-refractivity contribution in [2.45, 2.75) is 219 Å². The van der Waals surface area contributed by atoms with Gasteiger partial charge >= 0.3 is 17.9 Å². The summed E-state index contributed by atoms with van der Waals surface area (Å²) in [6, 6.07) is 0. The van der Waals surface area contributed by atoms with E-state index in [2.05, 4.69) is 69.4 Å². The molecule has 0 aliphatic heterocycles. The number of allylic oxidation sites excluding steroid dienone is 18. The number of ether oxygens (including phenoxy) is 3. The minimum Gasteiger partial charge on any atom is -0.462 e. The highest BCUT2D eigenvalue weighted by atomic mass is 16.6. The minimum absolute atomic E-state index is 0.127. The van der Waals surface area contributed by atoms with E-state index in [9.17, 15) is 14.4 Å². The minimum atomic E-state index is -0.840. The maximum atomic E-state index is 12.7. The zero-order chi connectivity index (χ0) is 45.8. The van der Waals surface area contributed by atoms with Crippen LogP contribution in [-0.4, -0.2) is 37.2 Å². The lowest BCUT2D eigenvalue weighted by atomic mass is 10.1. The highest BCUT2D eigenvalue weighted by Gasteiger charge is 2.19. The van der Waals surface area contributed by atoms with Gasteiger partial charge in [0.25, 0.3) is 0 Å². The van der Waals surface area contributed by atoms with Crippen LogP contribution in [0.15, 0.2) is 109 Å². The zero-order valence-electron chi connectivity index (χ0n) is 40.5. The van der Waals surface area contributed by atoms with Crippen LogP contribution in [-0.2, 0) is 28.6 Å². The first-order valence-electron chi connectivity index (χ1n) is 25.5. The first kappa shape index (κ1) is 59.1. The Bertz CT molecular complexity index is 1330. The Balaban J connectivity index is 4.51. The third-order valence-electron chi connectivity index (χ3n) is 10.4. The fourth-order valence-electron chi connectivity index (χ4n) is 6.57. The number of rotatable bonds is 44. The molecule has 0 rings (SSSR count). The summed E-state index contributed by atoms with van der Waals surface area (Å²) in [6.45, 7) is 6.32. The van der Waals surface area contributed by atoms with Gasteiger partial charge in [-0.3, -0.25) is 14.4 Å². The highest BCUT2D eigenvalue weighted by molar-refractivity contribution is 5.71. The summed E-state index contributed by atoms with van der Waals surface area (Å²) in [5.74, 6) is -1.08. The number of carbonyl (C=O) groups excluding carboxylic acids is 3. The Labute approximate surface area is 387 Å². The van der Waals surface area contributed by atoms with E-state index in [1.807, 2.05) is 60.8 Å². The Morgan fingerprint density at radius 2 is 0.730 bits per heavy atom. The van der Waals surface area contributed by atoms with Gasteiger partial charge in [-0.2, -0.15) is 0 Å². The maximum absolute atomic E-state index is 12.7. The van der Waals surface area contributed by atoms with E-state index >= 15 is 0 Å². The predicted molar refractivity (Wildman–Crippen MR) is 270 cm³/mol. The van der Waals surface area contributed by atoms with Crippen LogP contribution in [0, 0.1) is 0 Å². The molecule has 0 heterocycles. The van der Waals surface area contributed by atoms with E-state index in [1.54, 1.807) is 0 Å². The van der Waals surface area contributed by atoms with Crippen molar-refractivity contribution in [2.24, 2.45) is 0 Å². The first-order valence-corrected chi connectivity index (χ1v) is 25.5. The van der Waals surface area contributed by atoms with E-state index in [0.29, 0.717) is 19.3 Å². The lowest BCUT2D eigenvalue weighted by Gasteiger charge is -2.18. The van der Waals surface area contributed by atoms with Crippen molar-refractivity contribution in [3.63, 3.8) is 0 Å². The Morgan fingerprint density at radius 1 is 0.349 bits per heavy atom. The third kappa shape index (κ3) is 49.0. The first-order chi connectivity index (χ1) is 31.0. The van der Waals surface area contributed by atoms with Crippen molar-refractivity contribution in [3.05, 3.63) is 109 Å². The molecule has 0 spiro atoms. The van der Waals surface area contributed by atoms with Gasteiger partial charge in [-0.25, -0.2) is 0 Å². The Morgan fingerprint density at radius 3 is 1.29 bits per heavy atom. The molecule has 0 radical (unpaired) electrons. The van der Waals surface area contributed by atoms with Gasteiger partial charge in [-0.1, -0.05) is 226 Å². The van der Waals surface area contributed by atoms with Gasteiger partial charge in [0.1, 0.15) is 13.2 Å². The molecule has 0 aromatic rings. The molecule has 1 unspecified atom stereocenters. The number of esters is 3. The van der Waals surface area contributed by atoms with Crippen molar-refractivity contribution in [1.82, 2.24) is 0 Å². The summed E-state index contributed by atoms with van der Waals surface area (Å²) in [4.78, 5) is 37.9. The molecule has 0 amide bonds. The van der Waals surface area contributed by atoms with Crippen LogP contribution in [0.4, 0.5) is 0 Å². The zero-order valence-corrected chi connectivity index (χ0v) is 40.5. The molecule has 0 saturated heterocycles. The summed E-state index contributed by atoms with van der Waals surface area (Å²) in [5.41, 5.74) is 0. The maximum Gasteiger partial charge on any atom is 0.306 e. The summed E-state index contributed by atoms with van der Waals surface area (Å²) in [5, 5.41) is 0. The summed E-state index contributed by atoms with van der Waals surface area (Å²) in [6.07, 6.45) is 68.1. The molecule has 0 fully saturated rings. The largest absolute Gasteiger partial charge is 0.462 e. The normalized spacial score (nSPS) is 13.0. The molecule has 0 bridgehead atoms. The lowest BCUT2D eigenvalue weighted by molar-refractivity contribution is -0.166. The molecular formula is C57H92O6. The second kappa shape index (κ2) is 50.7. The SMILES string of the molecule is CC/C=C/C=C/C=C/C=C/C=C/CCCC(=O)OC(COC(=O)CC/C=C/C/C=C/CCCCCCCC)COC(=O)CCCCCCCCCCCC/C=C/C=C/CCCCC. The molecule has 63 heavy (non-hydrogen) atoms. The van der Waals surface area contributed by atoms with Gasteiger partial charge < -0.3 is 14.2 Å². The van der Waals surface area contributed by atoms with Gasteiger partial charge in [0.15, 0.2) is 6.10 Å². The molecule has 0 saturated carbocycles. The van der Waals surface area contributed by atoms with E-state index in [0.717, 1.165) is 44.9 Å². The summed E-state index contributed by atoms with van der Waals surface area (Å²) < 4.78 is 16.6.